The standard InChI is InChI=1S/2C33H45N3O6.ClHO4.Dy.2Ni/c2*1-22-13-25(31(37)28(16-22)40-4)19-34-7-9-35(20-26-14-23(2)17-29(41-5)32(26)38)11-12-36(10-8-34)21-27-15-24(3)18-30(42-6)33(27)39;2-1(3,4)5;;;/h2*13-18,37-39H,7-12,19-21H2,1-6H3;(H,2,3,4,5);;;/q;;;+3;2*+2/p-7. The fourth-order valence-corrected chi connectivity index (χ4v) is 11.3. The summed E-state index contributed by atoms with van der Waals surface area (Å²) in [5, 5.41) is 78.3. The second-order valence-corrected chi connectivity index (χ2v) is 23.5. The van der Waals surface area contributed by atoms with Crippen LogP contribution in [0, 0.1) is 90.0 Å². The molecule has 2 aliphatic rings. The SMILES string of the molecule is COc1cc(C)cc(CN2CCN(Cc3cc(C)cc(OC)c3[O-])CCN(Cc3cc(C)cc(OC)c3[O-])CC2)c1[O-].COc1cc(C)cc(CN2CCN(Cc3cc(C)cc(OC)c3[O-])CCN(Cc3cc(C)cc(OC)c3[O-])CC2)c1[O-].[Dy+3].[Ni+2].[Ni+2].[O-][Cl+3]([O-])([O-])[O-]. The van der Waals surface area contributed by atoms with Gasteiger partial charge in [-0.15, -0.1) is 10.2 Å². The Morgan fingerprint density at radius 3 is 0.478 bits per heavy atom. The summed E-state index contributed by atoms with van der Waals surface area (Å²) in [7, 11) is 4.17. The van der Waals surface area contributed by atoms with E-state index in [2.05, 4.69) is 29.4 Å². The summed E-state index contributed by atoms with van der Waals surface area (Å²) in [4.78, 5) is 13.6. The third-order valence-electron chi connectivity index (χ3n) is 15.7. The molecule has 0 N–H and O–H groups in total. The third kappa shape index (κ3) is 24.4. The van der Waals surface area contributed by atoms with Crippen molar-refractivity contribution < 1.29 is 159 Å². The zero-order valence-corrected chi connectivity index (χ0v) is 59.0. The molecule has 6 aromatic carbocycles. The maximum Gasteiger partial charge on any atom is 3.00 e. The van der Waals surface area contributed by atoms with Crippen LogP contribution in [0.3, 0.4) is 0 Å². The molecule has 0 amide bonds. The quantitative estimate of drug-likeness (QED) is 0.106. The van der Waals surface area contributed by atoms with Gasteiger partial charge in [-0.25, -0.2) is 18.6 Å². The van der Waals surface area contributed by atoms with Gasteiger partial charge in [0.1, 0.15) is 34.5 Å². The van der Waals surface area contributed by atoms with E-state index in [9.17, 15) is 30.6 Å². The van der Waals surface area contributed by atoms with E-state index in [1.54, 1.807) is 36.4 Å². The molecule has 92 heavy (non-hydrogen) atoms. The van der Waals surface area contributed by atoms with Crippen molar-refractivity contribution in [1.82, 2.24) is 29.4 Å². The predicted molar refractivity (Wildman–Crippen MR) is 315 cm³/mol. The van der Waals surface area contributed by atoms with Gasteiger partial charge in [0.25, 0.3) is 0 Å². The van der Waals surface area contributed by atoms with Gasteiger partial charge in [0.2, 0.25) is 0 Å². The smallest absolute Gasteiger partial charge is 0.870 e. The minimum atomic E-state index is -4.94. The maximum atomic E-state index is 13.1. The molecule has 0 aliphatic carbocycles. The molecule has 2 saturated heterocycles. The fourth-order valence-electron chi connectivity index (χ4n) is 11.3. The van der Waals surface area contributed by atoms with Crippen molar-refractivity contribution in [2.24, 2.45) is 0 Å². The fraction of sp³-hybridized carbons (Fsp3) is 0.455. The Bertz CT molecular complexity index is 2750. The van der Waals surface area contributed by atoms with Gasteiger partial charge in [-0.2, -0.15) is 0 Å². The van der Waals surface area contributed by atoms with E-state index >= 15 is 0 Å². The average Bonchev–Trinajstić information content (AvgIpc) is 1.41. The Morgan fingerprint density at radius 1 is 0.272 bits per heavy atom. The molecule has 2 aliphatic heterocycles. The van der Waals surface area contributed by atoms with Crippen LogP contribution in [0.25, 0.3) is 0 Å². The minimum absolute atomic E-state index is 0. The minimum Gasteiger partial charge on any atom is -0.870 e. The van der Waals surface area contributed by atoms with Gasteiger partial charge in [-0.1, -0.05) is 70.9 Å². The summed E-state index contributed by atoms with van der Waals surface area (Å²) in [6.07, 6.45) is 0. The van der Waals surface area contributed by atoms with E-state index in [0.717, 1.165) is 33.4 Å². The van der Waals surface area contributed by atoms with Gasteiger partial charge in [-0.3, -0.25) is 29.4 Å². The molecule has 26 heteroatoms. The molecule has 6 aromatic rings. The topological polar surface area (TPSA) is 305 Å². The van der Waals surface area contributed by atoms with Crippen molar-refractivity contribution in [3.05, 3.63) is 140 Å². The molecule has 0 atom stereocenters. The second kappa shape index (κ2) is 38.6. The van der Waals surface area contributed by atoms with Crippen molar-refractivity contribution in [2.75, 3.05) is 121 Å². The van der Waals surface area contributed by atoms with Crippen molar-refractivity contribution in [3.8, 4) is 69.0 Å². The Kier molecular flexibility index (Phi) is 34.1. The summed E-state index contributed by atoms with van der Waals surface area (Å²) in [5.74, 6) is 1.54. The molecule has 22 nitrogen and oxygen atoms in total. The number of aryl methyl sites for hydroxylation is 6. The summed E-state index contributed by atoms with van der Waals surface area (Å²) in [5.41, 5.74) is 10.0. The first-order valence-corrected chi connectivity index (χ1v) is 30.5. The zero-order chi connectivity index (χ0) is 65.3. The van der Waals surface area contributed by atoms with Crippen LogP contribution in [0.15, 0.2) is 72.8 Å². The van der Waals surface area contributed by atoms with Crippen molar-refractivity contribution in [3.63, 3.8) is 0 Å². The van der Waals surface area contributed by atoms with Gasteiger partial charge in [0.15, 0.2) is 0 Å². The van der Waals surface area contributed by atoms with Gasteiger partial charge in [0, 0.05) is 118 Å². The number of rotatable bonds is 18. The van der Waals surface area contributed by atoms with Crippen LogP contribution in [0.5, 0.6) is 69.0 Å². The van der Waals surface area contributed by atoms with Gasteiger partial charge in [0.05, 0.1) is 42.7 Å². The largest absolute Gasteiger partial charge is 3.00 e. The molecule has 0 bridgehead atoms. The Balaban J connectivity index is 0.000000434. The molecule has 511 valence electrons. The summed E-state index contributed by atoms with van der Waals surface area (Å²) in [6.45, 7) is 23.2. The first-order valence-electron chi connectivity index (χ1n) is 29.3. The number of halogens is 1. The van der Waals surface area contributed by atoms with E-state index < -0.39 is 10.2 Å². The van der Waals surface area contributed by atoms with E-state index in [-0.39, 0.29) is 106 Å². The van der Waals surface area contributed by atoms with Crippen LogP contribution < -0.4 is 77.7 Å². The van der Waals surface area contributed by atoms with Crippen LogP contribution in [0.1, 0.15) is 66.8 Å². The molecule has 0 spiro atoms. The first kappa shape index (κ1) is 81.3. The molecule has 1 radical (unpaired) electrons. The predicted octanol–water partition coefficient (Wildman–Crippen LogP) is 0.596. The molecular weight excluding hydrogens is 1450 g/mol. The van der Waals surface area contributed by atoms with E-state index in [1.807, 2.05) is 77.9 Å². The van der Waals surface area contributed by atoms with Crippen LogP contribution in [0.4, 0.5) is 0 Å². The molecule has 0 aromatic heterocycles. The third-order valence-corrected chi connectivity index (χ3v) is 15.7. The molecule has 2 fully saturated rings. The number of ether oxygens (including phenoxy) is 6. The molecule has 0 saturated carbocycles. The zero-order valence-electron chi connectivity index (χ0n) is 54.2. The Morgan fingerprint density at radius 2 is 0.380 bits per heavy atom. The number of hydrogen-bond donors (Lipinski definition) is 0. The second-order valence-electron chi connectivity index (χ2n) is 22.8. The van der Waals surface area contributed by atoms with Crippen LogP contribution in [-0.4, -0.2) is 151 Å². The number of hydrogen-bond acceptors (Lipinski definition) is 22. The van der Waals surface area contributed by atoms with Crippen LogP contribution in [-0.2, 0) is 72.3 Å². The van der Waals surface area contributed by atoms with Gasteiger partial charge in [-0.05, 0) is 145 Å². The summed E-state index contributed by atoms with van der Waals surface area (Å²) in [6, 6.07) is 22.2. The molecule has 2 heterocycles. The molecule has 0 unspecified atom stereocenters. The first-order chi connectivity index (χ1) is 42.2. The maximum absolute atomic E-state index is 13.1. The number of benzene rings is 6. The van der Waals surface area contributed by atoms with E-state index in [1.165, 1.54) is 42.7 Å². The van der Waals surface area contributed by atoms with Crippen molar-refractivity contribution in [2.45, 2.75) is 80.8 Å². The van der Waals surface area contributed by atoms with Gasteiger partial charge >= 0.3 is 71.2 Å². The van der Waals surface area contributed by atoms with Gasteiger partial charge < -0.3 is 59.1 Å². The van der Waals surface area contributed by atoms with Crippen LogP contribution >= 0.6 is 0 Å². The van der Waals surface area contributed by atoms with E-state index in [4.69, 9.17) is 47.1 Å². The van der Waals surface area contributed by atoms with Crippen LogP contribution in [0.2, 0.25) is 0 Å². The monoisotopic (exact) mass is 1530 g/mol. The van der Waals surface area contributed by atoms with Crippen molar-refractivity contribution in [1.29, 1.82) is 0 Å². The van der Waals surface area contributed by atoms with E-state index in [0.29, 0.717) is 186 Å². The molecule has 8 rings (SSSR count). The average molecular weight is 1530 g/mol. The van der Waals surface area contributed by atoms with Crippen molar-refractivity contribution >= 4 is 0 Å². The Labute approximate surface area is 594 Å². The number of methoxy groups -OCH3 is 6. The normalized spacial score (nSPS) is 14.9. The summed E-state index contributed by atoms with van der Waals surface area (Å²) < 4.78 is 66.0. The number of nitrogens with zero attached hydrogens (tertiary/aromatic N) is 6. The molecular formula is C66H84ClDyN6Ni2O16. The summed E-state index contributed by atoms with van der Waals surface area (Å²) >= 11 is 0. The Hall–Kier alpha value is -4.93.